The highest BCUT2D eigenvalue weighted by Gasteiger charge is 2.27. The third kappa shape index (κ3) is 5.39. The van der Waals surface area contributed by atoms with Crippen LogP contribution in [0.2, 0.25) is 5.02 Å². The number of methoxy groups -OCH3 is 1. The van der Waals surface area contributed by atoms with Crippen LogP contribution in [0.5, 0.6) is 5.75 Å². The Bertz CT molecular complexity index is 818. The summed E-state index contributed by atoms with van der Waals surface area (Å²) in [4.78, 5) is 26.5. The van der Waals surface area contributed by atoms with E-state index in [1.807, 2.05) is 24.3 Å². The maximum absolute atomic E-state index is 12.4. The van der Waals surface area contributed by atoms with Gasteiger partial charge in [0.1, 0.15) is 5.75 Å². The number of halogens is 1. The average molecular weight is 402 g/mol. The molecule has 2 aromatic rings. The second-order valence-electron chi connectivity index (χ2n) is 6.77. The quantitative estimate of drug-likeness (QED) is 0.797. The molecule has 2 N–H and O–H groups in total. The third-order valence-electron chi connectivity index (χ3n) is 4.85. The van der Waals surface area contributed by atoms with Gasteiger partial charge in [0.2, 0.25) is 5.91 Å². The van der Waals surface area contributed by atoms with Crippen molar-refractivity contribution in [1.29, 1.82) is 0 Å². The highest BCUT2D eigenvalue weighted by Crippen LogP contribution is 2.20. The van der Waals surface area contributed by atoms with E-state index in [1.165, 1.54) is 0 Å². The van der Waals surface area contributed by atoms with Gasteiger partial charge in [0.25, 0.3) is 0 Å². The summed E-state index contributed by atoms with van der Waals surface area (Å²) in [6.45, 7) is 1.58. The first kappa shape index (κ1) is 20.0. The molecule has 1 fully saturated rings. The molecule has 0 atom stereocenters. The van der Waals surface area contributed by atoms with E-state index in [4.69, 9.17) is 16.3 Å². The minimum atomic E-state index is -0.167. The monoisotopic (exact) mass is 401 g/mol. The van der Waals surface area contributed by atoms with Gasteiger partial charge in [-0.15, -0.1) is 0 Å². The van der Waals surface area contributed by atoms with Crippen molar-refractivity contribution in [1.82, 2.24) is 10.2 Å². The fraction of sp³-hybridized carbons (Fsp3) is 0.333. The highest BCUT2D eigenvalue weighted by molar-refractivity contribution is 6.30. The van der Waals surface area contributed by atoms with Crippen LogP contribution >= 0.6 is 11.6 Å². The van der Waals surface area contributed by atoms with E-state index < -0.39 is 0 Å². The maximum atomic E-state index is 12.4. The van der Waals surface area contributed by atoms with E-state index >= 15 is 0 Å². The van der Waals surface area contributed by atoms with Crippen molar-refractivity contribution in [3.8, 4) is 5.75 Å². The van der Waals surface area contributed by atoms with Crippen molar-refractivity contribution in [3.05, 3.63) is 59.1 Å². The van der Waals surface area contributed by atoms with Gasteiger partial charge in [-0.3, -0.25) is 4.79 Å². The Hall–Kier alpha value is -2.73. The number of carbonyl (C=O) groups is 2. The van der Waals surface area contributed by atoms with Crippen LogP contribution in [0, 0.1) is 5.92 Å². The van der Waals surface area contributed by atoms with Crippen LogP contribution in [-0.2, 0) is 11.3 Å². The van der Waals surface area contributed by atoms with Crippen LogP contribution in [-0.4, -0.2) is 37.0 Å². The van der Waals surface area contributed by atoms with E-state index in [0.717, 1.165) is 11.3 Å². The molecule has 3 amide bonds. The van der Waals surface area contributed by atoms with E-state index in [9.17, 15) is 9.59 Å². The molecule has 2 aromatic carbocycles. The topological polar surface area (TPSA) is 70.7 Å². The molecule has 28 heavy (non-hydrogen) atoms. The second kappa shape index (κ2) is 9.46. The molecule has 0 saturated carbocycles. The van der Waals surface area contributed by atoms with Crippen molar-refractivity contribution in [2.45, 2.75) is 19.4 Å². The predicted octanol–water partition coefficient (Wildman–Crippen LogP) is 3.91. The zero-order valence-electron chi connectivity index (χ0n) is 15.8. The molecule has 0 spiro atoms. The maximum Gasteiger partial charge on any atom is 0.321 e. The molecule has 0 aromatic heterocycles. The van der Waals surface area contributed by atoms with Crippen LogP contribution < -0.4 is 15.4 Å². The molecule has 0 bridgehead atoms. The van der Waals surface area contributed by atoms with Gasteiger partial charge in [-0.05, 0) is 48.7 Å². The predicted molar refractivity (Wildman–Crippen MR) is 110 cm³/mol. The van der Waals surface area contributed by atoms with Gasteiger partial charge in [0.15, 0.2) is 0 Å². The van der Waals surface area contributed by atoms with E-state index in [2.05, 4.69) is 10.6 Å². The van der Waals surface area contributed by atoms with Crippen LogP contribution in [0.4, 0.5) is 10.5 Å². The fourth-order valence-corrected chi connectivity index (χ4v) is 3.38. The van der Waals surface area contributed by atoms with E-state index in [1.54, 1.807) is 36.3 Å². The Balaban J connectivity index is 1.43. The highest BCUT2D eigenvalue weighted by atomic mass is 35.5. The largest absolute Gasteiger partial charge is 0.497 e. The van der Waals surface area contributed by atoms with Crippen molar-refractivity contribution in [2.75, 3.05) is 25.5 Å². The van der Waals surface area contributed by atoms with Gasteiger partial charge in [-0.25, -0.2) is 4.79 Å². The molecule has 1 aliphatic rings. The standard InChI is InChI=1S/C21H24ClN3O3/c1-28-19-7-5-15(6-8-19)14-23-20(26)16-9-11-25(12-10-16)21(27)24-18-4-2-3-17(22)13-18/h2-8,13,16H,9-12,14H2,1H3,(H,23,26)(H,24,27). The summed E-state index contributed by atoms with van der Waals surface area (Å²) in [6.07, 6.45) is 1.30. The lowest BCUT2D eigenvalue weighted by atomic mass is 9.96. The van der Waals surface area contributed by atoms with Crippen molar-refractivity contribution in [3.63, 3.8) is 0 Å². The summed E-state index contributed by atoms with van der Waals surface area (Å²) < 4.78 is 5.13. The summed E-state index contributed by atoms with van der Waals surface area (Å²) in [6, 6.07) is 14.5. The first-order chi connectivity index (χ1) is 13.5. The lowest BCUT2D eigenvalue weighted by molar-refractivity contribution is -0.126. The number of ether oxygens (including phenoxy) is 1. The first-order valence-corrected chi connectivity index (χ1v) is 9.65. The SMILES string of the molecule is COc1ccc(CNC(=O)C2CCN(C(=O)Nc3cccc(Cl)c3)CC2)cc1. The number of anilines is 1. The summed E-state index contributed by atoms with van der Waals surface area (Å²) in [5, 5.41) is 6.40. The number of piperidine rings is 1. The Labute approximate surface area is 169 Å². The number of rotatable bonds is 5. The number of benzene rings is 2. The molecule has 0 unspecified atom stereocenters. The van der Waals surface area contributed by atoms with Crippen LogP contribution in [0.3, 0.4) is 0 Å². The smallest absolute Gasteiger partial charge is 0.321 e. The van der Waals surface area contributed by atoms with Crippen LogP contribution in [0.1, 0.15) is 18.4 Å². The Kier molecular flexibility index (Phi) is 6.76. The lowest BCUT2D eigenvalue weighted by Crippen LogP contribution is -2.44. The van der Waals surface area contributed by atoms with Gasteiger partial charge in [-0.1, -0.05) is 29.8 Å². The fourth-order valence-electron chi connectivity index (χ4n) is 3.19. The summed E-state index contributed by atoms with van der Waals surface area (Å²) in [5.41, 5.74) is 1.68. The molecule has 7 heteroatoms. The molecule has 0 radical (unpaired) electrons. The minimum Gasteiger partial charge on any atom is -0.497 e. The number of urea groups is 1. The van der Waals surface area contributed by atoms with Crippen molar-refractivity contribution in [2.24, 2.45) is 5.92 Å². The summed E-state index contributed by atoms with van der Waals surface area (Å²) in [7, 11) is 1.62. The first-order valence-electron chi connectivity index (χ1n) is 9.27. The molecule has 148 valence electrons. The molecular weight excluding hydrogens is 378 g/mol. The van der Waals surface area contributed by atoms with Gasteiger partial charge >= 0.3 is 6.03 Å². The Morgan fingerprint density at radius 2 is 1.86 bits per heavy atom. The second-order valence-corrected chi connectivity index (χ2v) is 7.20. The Morgan fingerprint density at radius 1 is 1.14 bits per heavy atom. The normalized spacial score (nSPS) is 14.4. The number of carbonyl (C=O) groups excluding carboxylic acids is 2. The molecule has 3 rings (SSSR count). The molecule has 1 aliphatic heterocycles. The van der Waals surface area contributed by atoms with Crippen LogP contribution in [0.25, 0.3) is 0 Å². The van der Waals surface area contributed by atoms with Gasteiger partial charge in [-0.2, -0.15) is 0 Å². The number of hydrogen-bond acceptors (Lipinski definition) is 3. The number of nitrogens with zero attached hydrogens (tertiary/aromatic N) is 1. The van der Waals surface area contributed by atoms with Gasteiger partial charge in [0, 0.05) is 36.3 Å². The van der Waals surface area contributed by atoms with Crippen LogP contribution in [0.15, 0.2) is 48.5 Å². The Morgan fingerprint density at radius 3 is 2.50 bits per heavy atom. The van der Waals surface area contributed by atoms with E-state index in [-0.39, 0.29) is 17.9 Å². The number of nitrogens with one attached hydrogen (secondary N) is 2. The number of likely N-dealkylation sites (tertiary alicyclic amines) is 1. The molecule has 1 heterocycles. The lowest BCUT2D eigenvalue weighted by Gasteiger charge is -2.31. The third-order valence-corrected chi connectivity index (χ3v) is 5.09. The summed E-state index contributed by atoms with van der Waals surface area (Å²) in [5.74, 6) is 0.748. The van der Waals surface area contributed by atoms with Gasteiger partial charge in [0.05, 0.1) is 7.11 Å². The van der Waals surface area contributed by atoms with Crippen molar-refractivity contribution < 1.29 is 14.3 Å². The molecular formula is C21H24ClN3O3. The zero-order chi connectivity index (χ0) is 19.9. The van der Waals surface area contributed by atoms with Crippen molar-refractivity contribution >= 4 is 29.2 Å². The number of hydrogen-bond donors (Lipinski definition) is 2. The zero-order valence-corrected chi connectivity index (χ0v) is 16.5. The molecule has 1 saturated heterocycles. The minimum absolute atomic E-state index is 0.0331. The average Bonchev–Trinajstić information content (AvgIpc) is 2.72. The summed E-state index contributed by atoms with van der Waals surface area (Å²) >= 11 is 5.94. The molecule has 0 aliphatic carbocycles. The number of amides is 3. The van der Waals surface area contributed by atoms with Gasteiger partial charge < -0.3 is 20.3 Å². The molecule has 6 nitrogen and oxygen atoms in total. The van der Waals surface area contributed by atoms with E-state index in [0.29, 0.717) is 43.2 Å².